The number of ether oxygens (including phenoxy) is 2. The minimum absolute atomic E-state index is 0.0882. The van der Waals surface area contributed by atoms with Gasteiger partial charge in [0.1, 0.15) is 0 Å². The molecule has 3 atom stereocenters. The van der Waals surface area contributed by atoms with Crippen molar-refractivity contribution in [3.8, 4) is 11.5 Å². The SMILES string of the molecule is CC(N)C(C)S(=O)c1ccc2c(c1)OCCCO2. The van der Waals surface area contributed by atoms with Crippen molar-refractivity contribution in [3.05, 3.63) is 18.2 Å². The molecule has 1 aromatic carbocycles. The summed E-state index contributed by atoms with van der Waals surface area (Å²) in [5.41, 5.74) is 5.79. The van der Waals surface area contributed by atoms with Crippen LogP contribution in [0.2, 0.25) is 0 Å². The summed E-state index contributed by atoms with van der Waals surface area (Å²) in [5, 5.41) is -0.0882. The minimum atomic E-state index is -1.12. The second-order valence-electron chi connectivity index (χ2n) is 4.52. The minimum Gasteiger partial charge on any atom is -0.490 e. The summed E-state index contributed by atoms with van der Waals surface area (Å²) in [6.45, 7) is 5.05. The van der Waals surface area contributed by atoms with Gasteiger partial charge >= 0.3 is 0 Å². The first kappa shape index (κ1) is 13.4. The highest BCUT2D eigenvalue weighted by Gasteiger charge is 2.19. The largest absolute Gasteiger partial charge is 0.490 e. The zero-order valence-corrected chi connectivity index (χ0v) is 11.5. The fourth-order valence-electron chi connectivity index (χ4n) is 1.68. The molecular weight excluding hydrogens is 250 g/mol. The Balaban J connectivity index is 2.25. The Morgan fingerprint density at radius 1 is 1.22 bits per heavy atom. The van der Waals surface area contributed by atoms with Gasteiger partial charge < -0.3 is 15.2 Å². The van der Waals surface area contributed by atoms with Crippen molar-refractivity contribution in [3.63, 3.8) is 0 Å². The Labute approximate surface area is 110 Å². The van der Waals surface area contributed by atoms with Crippen molar-refractivity contribution in [2.45, 2.75) is 36.5 Å². The number of hydrogen-bond acceptors (Lipinski definition) is 4. The topological polar surface area (TPSA) is 61.6 Å². The van der Waals surface area contributed by atoms with Crippen LogP contribution in [0.15, 0.2) is 23.1 Å². The Bertz CT molecular complexity index is 448. The van der Waals surface area contributed by atoms with Crippen LogP contribution >= 0.6 is 0 Å². The molecule has 0 saturated heterocycles. The maximum atomic E-state index is 12.3. The molecule has 3 unspecified atom stereocenters. The van der Waals surface area contributed by atoms with E-state index in [9.17, 15) is 4.21 Å². The van der Waals surface area contributed by atoms with Gasteiger partial charge in [-0.2, -0.15) is 0 Å². The smallest absolute Gasteiger partial charge is 0.162 e. The van der Waals surface area contributed by atoms with Crippen LogP contribution < -0.4 is 15.2 Å². The Morgan fingerprint density at radius 3 is 2.56 bits per heavy atom. The van der Waals surface area contributed by atoms with Gasteiger partial charge in [-0.1, -0.05) is 0 Å². The third kappa shape index (κ3) is 2.84. The summed E-state index contributed by atoms with van der Waals surface area (Å²) in [6.07, 6.45) is 0.864. The monoisotopic (exact) mass is 269 g/mol. The van der Waals surface area contributed by atoms with Gasteiger partial charge in [0.15, 0.2) is 11.5 Å². The standard InChI is InChI=1S/C13H19NO3S/c1-9(14)10(2)18(15)11-4-5-12-13(8-11)17-7-3-6-16-12/h4-5,8-10H,3,6-7,14H2,1-2H3. The van der Waals surface area contributed by atoms with Gasteiger partial charge in [-0.3, -0.25) is 4.21 Å². The Morgan fingerprint density at radius 2 is 1.89 bits per heavy atom. The summed E-state index contributed by atoms with van der Waals surface area (Å²) in [5.74, 6) is 1.40. The lowest BCUT2D eigenvalue weighted by atomic mass is 10.3. The molecule has 0 saturated carbocycles. The first-order valence-corrected chi connectivity index (χ1v) is 7.36. The molecule has 2 N–H and O–H groups in total. The van der Waals surface area contributed by atoms with Crippen LogP contribution in [0.3, 0.4) is 0 Å². The van der Waals surface area contributed by atoms with Crippen LogP contribution in [0, 0.1) is 0 Å². The van der Waals surface area contributed by atoms with Gasteiger partial charge in [0.2, 0.25) is 0 Å². The van der Waals surface area contributed by atoms with Gasteiger partial charge in [0.25, 0.3) is 0 Å². The van der Waals surface area contributed by atoms with Crippen LogP contribution in [0.1, 0.15) is 20.3 Å². The predicted octanol–water partition coefficient (Wildman–Crippen LogP) is 1.69. The summed E-state index contributed by atoms with van der Waals surface area (Å²) >= 11 is 0. The van der Waals surface area contributed by atoms with Crippen LogP contribution in [0.5, 0.6) is 11.5 Å². The average Bonchev–Trinajstić information content (AvgIpc) is 2.60. The van der Waals surface area contributed by atoms with E-state index in [1.54, 1.807) is 6.07 Å². The molecule has 1 aromatic rings. The lowest BCUT2D eigenvalue weighted by Crippen LogP contribution is -2.32. The molecule has 1 aliphatic heterocycles. The molecule has 0 aliphatic carbocycles. The Hall–Kier alpha value is -1.07. The van der Waals surface area contributed by atoms with Gasteiger partial charge in [-0.05, 0) is 26.0 Å². The normalized spacial score (nSPS) is 19.7. The molecule has 0 fully saturated rings. The fourth-order valence-corrected chi connectivity index (χ4v) is 2.92. The first-order chi connectivity index (χ1) is 8.59. The maximum absolute atomic E-state index is 12.3. The van der Waals surface area contributed by atoms with Gasteiger partial charge in [-0.15, -0.1) is 0 Å². The van der Waals surface area contributed by atoms with E-state index < -0.39 is 10.8 Å². The molecule has 100 valence electrons. The number of benzene rings is 1. The molecule has 0 bridgehead atoms. The summed E-state index contributed by atoms with van der Waals surface area (Å²) in [6, 6.07) is 5.33. The van der Waals surface area contributed by atoms with Gasteiger partial charge in [0, 0.05) is 23.4 Å². The third-order valence-corrected chi connectivity index (χ3v) is 4.85. The highest BCUT2D eigenvalue weighted by atomic mass is 32.2. The predicted molar refractivity (Wildman–Crippen MR) is 71.6 cm³/mol. The molecule has 1 heterocycles. The van der Waals surface area contributed by atoms with Crippen LogP contribution in [0.4, 0.5) is 0 Å². The van der Waals surface area contributed by atoms with Crippen molar-refractivity contribution < 1.29 is 13.7 Å². The van der Waals surface area contributed by atoms with E-state index >= 15 is 0 Å². The molecule has 0 radical (unpaired) electrons. The summed E-state index contributed by atoms with van der Waals surface area (Å²) in [7, 11) is -1.12. The maximum Gasteiger partial charge on any atom is 0.162 e. The molecule has 1 aliphatic rings. The third-order valence-electron chi connectivity index (χ3n) is 3.03. The van der Waals surface area contributed by atoms with E-state index in [1.165, 1.54) is 0 Å². The van der Waals surface area contributed by atoms with Gasteiger partial charge in [0.05, 0.1) is 29.3 Å². The van der Waals surface area contributed by atoms with E-state index in [1.807, 2.05) is 26.0 Å². The van der Waals surface area contributed by atoms with E-state index in [-0.39, 0.29) is 11.3 Å². The van der Waals surface area contributed by atoms with Crippen molar-refractivity contribution in [2.24, 2.45) is 5.73 Å². The summed E-state index contributed by atoms with van der Waals surface area (Å²) < 4.78 is 23.4. The zero-order valence-electron chi connectivity index (χ0n) is 10.7. The molecule has 0 spiro atoms. The number of hydrogen-bond donors (Lipinski definition) is 1. The van der Waals surface area contributed by atoms with E-state index in [2.05, 4.69) is 0 Å². The zero-order chi connectivity index (χ0) is 13.1. The van der Waals surface area contributed by atoms with E-state index in [0.29, 0.717) is 19.0 Å². The Kier molecular flexibility index (Phi) is 4.24. The molecule has 5 heteroatoms. The second-order valence-corrected chi connectivity index (χ2v) is 6.33. The average molecular weight is 269 g/mol. The first-order valence-electron chi connectivity index (χ1n) is 6.15. The van der Waals surface area contributed by atoms with Crippen LogP contribution in [-0.4, -0.2) is 28.7 Å². The summed E-state index contributed by atoms with van der Waals surface area (Å²) in [4.78, 5) is 0.740. The quantitative estimate of drug-likeness (QED) is 0.907. The second kappa shape index (κ2) is 5.71. The van der Waals surface area contributed by atoms with Gasteiger partial charge in [-0.25, -0.2) is 0 Å². The fraction of sp³-hybridized carbons (Fsp3) is 0.538. The lowest BCUT2D eigenvalue weighted by Gasteiger charge is -2.16. The highest BCUT2D eigenvalue weighted by molar-refractivity contribution is 7.85. The molecule has 4 nitrogen and oxygen atoms in total. The molecule has 0 amide bonds. The van der Waals surface area contributed by atoms with Crippen LogP contribution in [0.25, 0.3) is 0 Å². The van der Waals surface area contributed by atoms with Crippen molar-refractivity contribution in [1.82, 2.24) is 0 Å². The van der Waals surface area contributed by atoms with E-state index in [0.717, 1.165) is 17.1 Å². The molecule has 0 aromatic heterocycles. The molecule has 18 heavy (non-hydrogen) atoms. The number of fused-ring (bicyclic) bond motifs is 1. The van der Waals surface area contributed by atoms with Crippen molar-refractivity contribution in [1.29, 1.82) is 0 Å². The van der Waals surface area contributed by atoms with Crippen LogP contribution in [-0.2, 0) is 10.8 Å². The van der Waals surface area contributed by atoms with Crippen molar-refractivity contribution >= 4 is 10.8 Å². The molecule has 2 rings (SSSR count). The lowest BCUT2D eigenvalue weighted by molar-refractivity contribution is 0.297. The molecular formula is C13H19NO3S. The van der Waals surface area contributed by atoms with E-state index in [4.69, 9.17) is 15.2 Å². The number of nitrogens with two attached hydrogens (primary N) is 1. The highest BCUT2D eigenvalue weighted by Crippen LogP contribution is 2.32. The van der Waals surface area contributed by atoms with Crippen molar-refractivity contribution in [2.75, 3.05) is 13.2 Å². The number of rotatable bonds is 3.